The maximum absolute atomic E-state index is 13.8. The second-order valence-corrected chi connectivity index (χ2v) is 4.73. The molecule has 0 unspecified atom stereocenters. The third kappa shape index (κ3) is 2.66. The minimum atomic E-state index is -1.31. The highest BCUT2D eigenvalue weighted by Crippen LogP contribution is 2.38. The fourth-order valence-corrected chi connectivity index (χ4v) is 2.13. The number of pyridine rings is 1. The number of rotatable bonds is 2. The van der Waals surface area contributed by atoms with Gasteiger partial charge in [0.15, 0.2) is 5.69 Å². The number of aromatic carboxylic acids is 1. The van der Waals surface area contributed by atoms with Gasteiger partial charge in [-0.3, -0.25) is 0 Å². The monoisotopic (exact) mass is 319 g/mol. The lowest BCUT2D eigenvalue weighted by Gasteiger charge is -2.08. The van der Waals surface area contributed by atoms with Gasteiger partial charge in [-0.2, -0.15) is 4.39 Å². The maximum atomic E-state index is 13.8. The number of carboxylic acids is 1. The summed E-state index contributed by atoms with van der Waals surface area (Å²) in [5, 5.41) is 9.13. The maximum Gasteiger partial charge on any atom is 0.354 e. The molecule has 0 atom stereocenters. The molecule has 98 valence electrons. The summed E-state index contributed by atoms with van der Waals surface area (Å²) >= 11 is 17.6. The molecule has 0 spiro atoms. The highest BCUT2D eigenvalue weighted by Gasteiger charge is 2.16. The van der Waals surface area contributed by atoms with Crippen molar-refractivity contribution in [2.45, 2.75) is 0 Å². The number of carbonyl (C=O) groups is 1. The minimum absolute atomic E-state index is 0.0496. The third-order valence-corrected chi connectivity index (χ3v) is 3.69. The van der Waals surface area contributed by atoms with E-state index in [1.807, 2.05) is 0 Å². The van der Waals surface area contributed by atoms with Crippen LogP contribution in [0.3, 0.4) is 0 Å². The molecular formula is C12H5Cl3FNO2. The molecule has 1 aromatic carbocycles. The lowest BCUT2D eigenvalue weighted by Crippen LogP contribution is -2.02. The topological polar surface area (TPSA) is 50.2 Å². The molecular weight excluding hydrogens is 315 g/mol. The van der Waals surface area contributed by atoms with Gasteiger partial charge in [0.25, 0.3) is 0 Å². The summed E-state index contributed by atoms with van der Waals surface area (Å²) in [6.45, 7) is 0. The Morgan fingerprint density at radius 1 is 1.05 bits per heavy atom. The molecule has 19 heavy (non-hydrogen) atoms. The van der Waals surface area contributed by atoms with Crippen LogP contribution in [0.5, 0.6) is 0 Å². The first-order chi connectivity index (χ1) is 8.91. The van der Waals surface area contributed by atoms with Crippen LogP contribution in [-0.2, 0) is 0 Å². The van der Waals surface area contributed by atoms with Crippen molar-refractivity contribution in [1.82, 2.24) is 4.98 Å². The predicted octanol–water partition coefficient (Wildman–Crippen LogP) is 4.55. The van der Waals surface area contributed by atoms with Crippen molar-refractivity contribution in [3.8, 4) is 11.1 Å². The minimum Gasteiger partial charge on any atom is -0.477 e. The SMILES string of the molecule is O=C(O)c1ccc(-c2ccc(Cl)c(Cl)c2Cl)c(F)n1. The van der Waals surface area contributed by atoms with E-state index in [-0.39, 0.29) is 26.2 Å². The molecule has 0 amide bonds. The molecule has 2 rings (SSSR count). The van der Waals surface area contributed by atoms with Crippen LogP contribution in [-0.4, -0.2) is 16.1 Å². The van der Waals surface area contributed by atoms with E-state index in [1.54, 1.807) is 0 Å². The van der Waals surface area contributed by atoms with Gasteiger partial charge in [0, 0.05) is 11.1 Å². The second-order valence-electron chi connectivity index (χ2n) is 3.56. The van der Waals surface area contributed by atoms with Crippen LogP contribution in [0.1, 0.15) is 10.5 Å². The Morgan fingerprint density at radius 3 is 2.26 bits per heavy atom. The second kappa shape index (κ2) is 5.33. The van der Waals surface area contributed by atoms with Gasteiger partial charge in [0.2, 0.25) is 5.95 Å². The van der Waals surface area contributed by atoms with Gasteiger partial charge in [-0.05, 0) is 18.2 Å². The predicted molar refractivity (Wildman–Crippen MR) is 71.6 cm³/mol. The molecule has 1 heterocycles. The van der Waals surface area contributed by atoms with Crippen LogP contribution in [0.15, 0.2) is 24.3 Å². The molecule has 3 nitrogen and oxygen atoms in total. The van der Waals surface area contributed by atoms with Crippen LogP contribution >= 0.6 is 34.8 Å². The van der Waals surface area contributed by atoms with Crippen molar-refractivity contribution in [2.75, 3.05) is 0 Å². The van der Waals surface area contributed by atoms with Gasteiger partial charge in [-0.15, -0.1) is 0 Å². The van der Waals surface area contributed by atoms with Crippen LogP contribution in [0.4, 0.5) is 4.39 Å². The van der Waals surface area contributed by atoms with Gasteiger partial charge in [-0.1, -0.05) is 40.9 Å². The van der Waals surface area contributed by atoms with Crippen LogP contribution in [0, 0.1) is 5.95 Å². The molecule has 7 heteroatoms. The average molecular weight is 321 g/mol. The molecule has 0 saturated carbocycles. The van der Waals surface area contributed by atoms with Gasteiger partial charge in [-0.25, -0.2) is 9.78 Å². The van der Waals surface area contributed by atoms with E-state index in [2.05, 4.69) is 4.98 Å². The van der Waals surface area contributed by atoms with Gasteiger partial charge < -0.3 is 5.11 Å². The molecule has 1 aromatic heterocycles. The van der Waals surface area contributed by atoms with E-state index in [0.717, 1.165) is 0 Å². The highest BCUT2D eigenvalue weighted by atomic mass is 35.5. The molecule has 0 fully saturated rings. The molecule has 1 N–H and O–H groups in total. The van der Waals surface area contributed by atoms with E-state index >= 15 is 0 Å². The zero-order valence-corrected chi connectivity index (χ0v) is 11.4. The van der Waals surface area contributed by atoms with E-state index in [4.69, 9.17) is 39.9 Å². The van der Waals surface area contributed by atoms with Crippen LogP contribution < -0.4 is 0 Å². The number of halogens is 4. The molecule has 0 aliphatic rings. The summed E-state index contributed by atoms with van der Waals surface area (Å²) in [4.78, 5) is 14.0. The van der Waals surface area contributed by atoms with Crippen LogP contribution in [0.25, 0.3) is 11.1 Å². The summed E-state index contributed by atoms with van der Waals surface area (Å²) in [5.41, 5.74) is -0.0518. The van der Waals surface area contributed by atoms with Gasteiger partial charge >= 0.3 is 5.97 Å². The largest absolute Gasteiger partial charge is 0.477 e. The Labute approximate surface area is 122 Å². The Balaban J connectivity index is 2.60. The number of hydrogen-bond donors (Lipinski definition) is 1. The number of nitrogens with zero attached hydrogens (tertiary/aromatic N) is 1. The Bertz CT molecular complexity index is 676. The number of aromatic nitrogens is 1. The molecule has 2 aromatic rings. The normalized spacial score (nSPS) is 10.5. The van der Waals surface area contributed by atoms with E-state index < -0.39 is 17.6 Å². The van der Waals surface area contributed by atoms with Crippen molar-refractivity contribution >= 4 is 40.8 Å². The summed E-state index contributed by atoms with van der Waals surface area (Å²) in [6, 6.07) is 5.41. The Hall–Kier alpha value is -1.36. The molecule has 0 aliphatic heterocycles. The molecule has 0 aliphatic carbocycles. The lowest BCUT2D eigenvalue weighted by atomic mass is 10.1. The van der Waals surface area contributed by atoms with Crippen molar-refractivity contribution in [2.24, 2.45) is 0 Å². The lowest BCUT2D eigenvalue weighted by molar-refractivity contribution is 0.0689. The summed E-state index contributed by atoms with van der Waals surface area (Å²) in [5.74, 6) is -2.26. The molecule has 0 radical (unpaired) electrons. The first-order valence-corrected chi connectivity index (χ1v) is 6.09. The first kappa shape index (κ1) is 14.1. The average Bonchev–Trinajstić information content (AvgIpc) is 2.37. The molecule has 0 bridgehead atoms. The smallest absolute Gasteiger partial charge is 0.354 e. The quantitative estimate of drug-likeness (QED) is 0.652. The highest BCUT2D eigenvalue weighted by molar-refractivity contribution is 6.49. The summed E-state index contributed by atoms with van der Waals surface area (Å²) < 4.78 is 13.8. The van der Waals surface area contributed by atoms with E-state index in [9.17, 15) is 9.18 Å². The first-order valence-electron chi connectivity index (χ1n) is 4.95. The number of carboxylic acid groups (broad SMARTS) is 1. The standard InChI is InChI=1S/C12H5Cl3FNO2/c13-7-3-1-5(9(14)10(7)15)6-2-4-8(12(18)19)17-11(6)16/h1-4H,(H,18,19). The number of hydrogen-bond acceptors (Lipinski definition) is 2. The van der Waals surface area contributed by atoms with Crippen molar-refractivity contribution in [3.63, 3.8) is 0 Å². The Kier molecular flexibility index (Phi) is 3.94. The summed E-state index contributed by atoms with van der Waals surface area (Å²) in [6.07, 6.45) is 0. The van der Waals surface area contributed by atoms with E-state index in [1.165, 1.54) is 24.3 Å². The Morgan fingerprint density at radius 2 is 1.68 bits per heavy atom. The fourth-order valence-electron chi connectivity index (χ4n) is 1.49. The summed E-state index contributed by atoms with van der Waals surface area (Å²) in [7, 11) is 0. The third-order valence-electron chi connectivity index (χ3n) is 2.39. The van der Waals surface area contributed by atoms with Crippen molar-refractivity contribution in [3.05, 3.63) is 51.0 Å². The zero-order chi connectivity index (χ0) is 14.2. The zero-order valence-electron chi connectivity index (χ0n) is 9.12. The fraction of sp³-hybridized carbons (Fsp3) is 0. The van der Waals surface area contributed by atoms with Crippen molar-refractivity contribution < 1.29 is 14.3 Å². The molecule has 0 saturated heterocycles. The van der Waals surface area contributed by atoms with Crippen molar-refractivity contribution in [1.29, 1.82) is 0 Å². The number of benzene rings is 1. The van der Waals surface area contributed by atoms with Gasteiger partial charge in [0.1, 0.15) is 0 Å². The van der Waals surface area contributed by atoms with Crippen LogP contribution in [0.2, 0.25) is 15.1 Å². The van der Waals surface area contributed by atoms with E-state index in [0.29, 0.717) is 0 Å². The van der Waals surface area contributed by atoms with Gasteiger partial charge in [0.05, 0.1) is 15.1 Å².